The van der Waals surface area contributed by atoms with Gasteiger partial charge in [-0.1, -0.05) is 30.3 Å². The summed E-state index contributed by atoms with van der Waals surface area (Å²) in [5.41, 5.74) is 4.87. The second kappa shape index (κ2) is 5.67. The zero-order chi connectivity index (χ0) is 16.7. The van der Waals surface area contributed by atoms with Gasteiger partial charge in [0.15, 0.2) is 0 Å². The number of aromatic amines is 1. The highest BCUT2D eigenvalue weighted by molar-refractivity contribution is 5.94. The summed E-state index contributed by atoms with van der Waals surface area (Å²) in [6.45, 7) is 1.95. The second-order valence-electron chi connectivity index (χ2n) is 6.35. The lowest BCUT2D eigenvalue weighted by Crippen LogP contribution is -2.41. The molecule has 2 N–H and O–H groups in total. The summed E-state index contributed by atoms with van der Waals surface area (Å²) in [5, 5.41) is 9.53. The first-order chi connectivity index (χ1) is 11.6. The number of aryl methyl sites for hydroxylation is 1. The van der Waals surface area contributed by atoms with Crippen LogP contribution in [0.2, 0.25) is 0 Å². The van der Waals surface area contributed by atoms with Crippen molar-refractivity contribution < 1.29 is 9.90 Å². The lowest BCUT2D eigenvalue weighted by molar-refractivity contribution is 0.198. The standard InChI is InChI=1S/C19H19N3O2/c1-12-7-8-14-16(22(12)19(23)24)10-9-15-18(14)21-17(20-15)11-13-5-3-2-4-6-13/h2-6,9-10,12H,7-8,11H2,1H3,(H,20,21)(H,23,24). The fourth-order valence-electron chi connectivity index (χ4n) is 3.53. The molecule has 1 atom stereocenters. The molecular weight excluding hydrogens is 302 g/mol. The molecule has 1 unspecified atom stereocenters. The van der Waals surface area contributed by atoms with Crippen LogP contribution >= 0.6 is 0 Å². The van der Waals surface area contributed by atoms with Crippen LogP contribution in [0, 0.1) is 0 Å². The van der Waals surface area contributed by atoms with Gasteiger partial charge < -0.3 is 10.1 Å². The molecule has 0 saturated heterocycles. The number of hydrogen-bond donors (Lipinski definition) is 2. The van der Waals surface area contributed by atoms with Crippen molar-refractivity contribution in [1.82, 2.24) is 9.97 Å². The van der Waals surface area contributed by atoms with Gasteiger partial charge in [-0.25, -0.2) is 9.78 Å². The molecule has 24 heavy (non-hydrogen) atoms. The highest BCUT2D eigenvalue weighted by Gasteiger charge is 2.29. The number of carboxylic acid groups (broad SMARTS) is 1. The number of rotatable bonds is 2. The van der Waals surface area contributed by atoms with Crippen LogP contribution in [0.3, 0.4) is 0 Å². The molecule has 5 heteroatoms. The minimum atomic E-state index is -0.900. The number of amides is 1. The fourth-order valence-corrected chi connectivity index (χ4v) is 3.53. The molecular formula is C19H19N3O2. The first-order valence-electron chi connectivity index (χ1n) is 8.20. The van der Waals surface area contributed by atoms with Crippen molar-refractivity contribution in [1.29, 1.82) is 0 Å². The fraction of sp³-hybridized carbons (Fsp3) is 0.263. The molecule has 122 valence electrons. The molecule has 1 aliphatic heterocycles. The molecule has 3 aromatic rings. The number of hydrogen-bond acceptors (Lipinski definition) is 2. The molecule has 1 aliphatic rings. The molecule has 0 aliphatic carbocycles. The SMILES string of the molecule is CC1CCc2c(ccc3[nH]c(Cc4ccccc4)nc23)N1C(=O)O. The van der Waals surface area contributed by atoms with Gasteiger partial charge in [-0.3, -0.25) is 4.90 Å². The first-order valence-corrected chi connectivity index (χ1v) is 8.20. The van der Waals surface area contributed by atoms with Crippen LogP contribution < -0.4 is 4.90 Å². The van der Waals surface area contributed by atoms with Gasteiger partial charge in [0.1, 0.15) is 5.82 Å². The lowest BCUT2D eigenvalue weighted by atomic mass is 9.96. The number of benzene rings is 2. The van der Waals surface area contributed by atoms with Crippen molar-refractivity contribution in [3.8, 4) is 0 Å². The van der Waals surface area contributed by atoms with Crippen molar-refractivity contribution in [2.75, 3.05) is 4.90 Å². The summed E-state index contributed by atoms with van der Waals surface area (Å²) in [6, 6.07) is 14.0. The Labute approximate surface area is 139 Å². The van der Waals surface area contributed by atoms with E-state index in [0.717, 1.165) is 47.4 Å². The van der Waals surface area contributed by atoms with Crippen molar-refractivity contribution >= 4 is 22.8 Å². The normalized spacial score (nSPS) is 17.0. The van der Waals surface area contributed by atoms with Crippen molar-refractivity contribution in [3.05, 3.63) is 59.4 Å². The van der Waals surface area contributed by atoms with Gasteiger partial charge in [-0.05, 0) is 37.5 Å². The zero-order valence-corrected chi connectivity index (χ0v) is 13.5. The Hall–Kier alpha value is -2.82. The van der Waals surface area contributed by atoms with Gasteiger partial charge in [0.05, 0.1) is 16.7 Å². The molecule has 4 rings (SSSR count). The number of nitrogens with one attached hydrogen (secondary N) is 1. The minimum absolute atomic E-state index is 0.00446. The van der Waals surface area contributed by atoms with E-state index in [-0.39, 0.29) is 6.04 Å². The summed E-state index contributed by atoms with van der Waals surface area (Å²) in [6.07, 6.45) is 1.51. The lowest BCUT2D eigenvalue weighted by Gasteiger charge is -2.33. The van der Waals surface area contributed by atoms with Crippen LogP contribution in [0.4, 0.5) is 10.5 Å². The van der Waals surface area contributed by atoms with E-state index in [1.165, 1.54) is 10.5 Å². The molecule has 0 bridgehead atoms. The Morgan fingerprint density at radius 3 is 2.83 bits per heavy atom. The Morgan fingerprint density at radius 1 is 1.29 bits per heavy atom. The largest absolute Gasteiger partial charge is 0.465 e. The molecule has 1 aromatic heterocycles. The Balaban J connectivity index is 1.77. The summed E-state index contributed by atoms with van der Waals surface area (Å²) in [4.78, 5) is 21.2. The van der Waals surface area contributed by atoms with Crippen LogP contribution in [0.1, 0.15) is 30.3 Å². The number of H-pyrrole nitrogens is 1. The number of nitrogens with zero attached hydrogens (tertiary/aromatic N) is 2. The molecule has 0 fully saturated rings. The van der Waals surface area contributed by atoms with Crippen LogP contribution in [-0.4, -0.2) is 27.2 Å². The monoisotopic (exact) mass is 321 g/mol. The molecule has 5 nitrogen and oxygen atoms in total. The van der Waals surface area contributed by atoms with Crippen molar-refractivity contribution in [3.63, 3.8) is 0 Å². The Bertz CT molecular complexity index is 902. The van der Waals surface area contributed by atoms with Crippen LogP contribution in [-0.2, 0) is 12.8 Å². The van der Waals surface area contributed by atoms with Gasteiger partial charge in [0.2, 0.25) is 0 Å². The van der Waals surface area contributed by atoms with Gasteiger partial charge in [0, 0.05) is 18.0 Å². The molecule has 0 saturated carbocycles. The van der Waals surface area contributed by atoms with Gasteiger partial charge >= 0.3 is 6.09 Å². The summed E-state index contributed by atoms with van der Waals surface area (Å²) in [5.74, 6) is 0.907. The zero-order valence-electron chi connectivity index (χ0n) is 13.5. The average Bonchev–Trinajstić information content (AvgIpc) is 2.97. The third-order valence-electron chi connectivity index (χ3n) is 4.72. The predicted molar refractivity (Wildman–Crippen MR) is 93.6 cm³/mol. The number of carbonyl (C=O) groups is 1. The highest BCUT2D eigenvalue weighted by Crippen LogP contribution is 2.35. The summed E-state index contributed by atoms with van der Waals surface area (Å²) < 4.78 is 0. The number of fused-ring (bicyclic) bond motifs is 3. The summed E-state index contributed by atoms with van der Waals surface area (Å²) in [7, 11) is 0. The average molecular weight is 321 g/mol. The molecule has 0 spiro atoms. The van der Waals surface area contributed by atoms with Crippen molar-refractivity contribution in [2.24, 2.45) is 0 Å². The second-order valence-corrected chi connectivity index (χ2v) is 6.35. The number of anilines is 1. The minimum Gasteiger partial charge on any atom is -0.465 e. The molecule has 0 radical (unpaired) electrons. The van der Waals surface area contributed by atoms with E-state index in [4.69, 9.17) is 4.98 Å². The van der Waals surface area contributed by atoms with E-state index in [0.29, 0.717) is 0 Å². The quantitative estimate of drug-likeness (QED) is 0.750. The smallest absolute Gasteiger partial charge is 0.412 e. The van der Waals surface area contributed by atoms with Crippen LogP contribution in [0.25, 0.3) is 11.0 Å². The first kappa shape index (κ1) is 14.8. The van der Waals surface area contributed by atoms with E-state index >= 15 is 0 Å². The van der Waals surface area contributed by atoms with Gasteiger partial charge in [0.25, 0.3) is 0 Å². The molecule has 2 aromatic carbocycles. The van der Waals surface area contributed by atoms with E-state index < -0.39 is 6.09 Å². The summed E-state index contributed by atoms with van der Waals surface area (Å²) >= 11 is 0. The van der Waals surface area contributed by atoms with E-state index in [9.17, 15) is 9.90 Å². The third-order valence-corrected chi connectivity index (χ3v) is 4.72. The van der Waals surface area contributed by atoms with Gasteiger partial charge in [-0.15, -0.1) is 0 Å². The van der Waals surface area contributed by atoms with E-state index in [1.807, 2.05) is 37.3 Å². The topological polar surface area (TPSA) is 69.2 Å². The highest BCUT2D eigenvalue weighted by atomic mass is 16.4. The van der Waals surface area contributed by atoms with Crippen LogP contribution in [0.15, 0.2) is 42.5 Å². The van der Waals surface area contributed by atoms with Crippen LogP contribution in [0.5, 0.6) is 0 Å². The maximum Gasteiger partial charge on any atom is 0.412 e. The maximum atomic E-state index is 11.6. The Morgan fingerprint density at radius 2 is 2.08 bits per heavy atom. The molecule has 1 amide bonds. The van der Waals surface area contributed by atoms with Gasteiger partial charge in [-0.2, -0.15) is 0 Å². The van der Waals surface area contributed by atoms with E-state index in [2.05, 4.69) is 17.1 Å². The number of imidazole rings is 1. The molecule has 2 heterocycles. The Kier molecular flexibility index (Phi) is 3.49. The predicted octanol–water partition coefficient (Wildman–Crippen LogP) is 3.97. The van der Waals surface area contributed by atoms with Crippen molar-refractivity contribution in [2.45, 2.75) is 32.2 Å². The third kappa shape index (κ3) is 2.42. The maximum absolute atomic E-state index is 11.6. The number of aromatic nitrogens is 2. The van der Waals surface area contributed by atoms with E-state index in [1.54, 1.807) is 0 Å².